The molecule has 0 heterocycles. The summed E-state index contributed by atoms with van der Waals surface area (Å²) in [6.07, 6.45) is 0. The van der Waals surface area contributed by atoms with Crippen molar-refractivity contribution in [2.45, 2.75) is 0 Å². The second kappa shape index (κ2) is 2.86. The van der Waals surface area contributed by atoms with Gasteiger partial charge in [-0.2, -0.15) is 0 Å². The van der Waals surface area contributed by atoms with Crippen LogP contribution in [0.15, 0.2) is 12.1 Å². The van der Waals surface area contributed by atoms with Crippen LogP contribution in [0.4, 0.5) is 17.1 Å². The molecule has 0 spiro atoms. The summed E-state index contributed by atoms with van der Waals surface area (Å²) in [6.45, 7) is 0. The summed E-state index contributed by atoms with van der Waals surface area (Å²) in [7, 11) is 0. The highest BCUT2D eigenvalue weighted by Gasteiger charge is 2.13. The molecule has 0 saturated carbocycles. The maximum atomic E-state index is 10.3. The minimum absolute atomic E-state index is 0.0156. The van der Waals surface area contributed by atoms with Crippen molar-refractivity contribution in [3.63, 3.8) is 0 Å². The summed E-state index contributed by atoms with van der Waals surface area (Å²) in [5, 5.41) is 10.4. The standard InChI is InChI=1S/C6H6ClN3O2/c7-3-1-6(10(11)12)5(9)2-4(3)8/h1-2H,8-9H2. The Morgan fingerprint density at radius 1 is 1.33 bits per heavy atom. The minimum atomic E-state index is -0.610. The van der Waals surface area contributed by atoms with E-state index in [9.17, 15) is 10.1 Å². The molecule has 5 nitrogen and oxygen atoms in total. The summed E-state index contributed by atoms with van der Waals surface area (Å²) >= 11 is 5.54. The van der Waals surface area contributed by atoms with Crippen molar-refractivity contribution in [1.29, 1.82) is 0 Å². The van der Waals surface area contributed by atoms with E-state index in [1.165, 1.54) is 6.07 Å². The van der Waals surface area contributed by atoms with E-state index < -0.39 is 4.92 Å². The van der Waals surface area contributed by atoms with Crippen LogP contribution >= 0.6 is 11.6 Å². The molecule has 0 unspecified atom stereocenters. The predicted octanol–water partition coefficient (Wildman–Crippen LogP) is 1.41. The molecule has 64 valence electrons. The van der Waals surface area contributed by atoms with Gasteiger partial charge in [-0.1, -0.05) is 11.6 Å². The fourth-order valence-electron chi connectivity index (χ4n) is 0.755. The first kappa shape index (κ1) is 8.61. The monoisotopic (exact) mass is 187 g/mol. The molecule has 4 N–H and O–H groups in total. The molecule has 0 saturated heterocycles. The second-order valence-corrected chi connectivity index (χ2v) is 2.60. The number of nitrogens with zero attached hydrogens (tertiary/aromatic N) is 1. The number of anilines is 2. The predicted molar refractivity (Wildman–Crippen MR) is 46.9 cm³/mol. The molecule has 1 rings (SSSR count). The smallest absolute Gasteiger partial charge is 0.293 e. The molecule has 12 heavy (non-hydrogen) atoms. The molecule has 0 amide bonds. The van der Waals surface area contributed by atoms with Crippen molar-refractivity contribution in [3.8, 4) is 0 Å². The van der Waals surface area contributed by atoms with Gasteiger partial charge in [-0.15, -0.1) is 0 Å². The van der Waals surface area contributed by atoms with Crippen LogP contribution in [0.25, 0.3) is 0 Å². The Bertz CT molecular complexity index is 340. The van der Waals surface area contributed by atoms with Crippen LogP contribution in [-0.2, 0) is 0 Å². The lowest BCUT2D eigenvalue weighted by atomic mass is 10.2. The maximum Gasteiger partial charge on any atom is 0.293 e. The Morgan fingerprint density at radius 2 is 1.92 bits per heavy atom. The summed E-state index contributed by atoms with van der Waals surface area (Å²) in [5.74, 6) is 0. The molecule has 0 aromatic heterocycles. The Hall–Kier alpha value is -1.49. The number of halogens is 1. The van der Waals surface area contributed by atoms with E-state index in [0.717, 1.165) is 6.07 Å². The molecule has 0 fully saturated rings. The molecular formula is C6H6ClN3O2. The van der Waals surface area contributed by atoms with E-state index in [0.29, 0.717) is 0 Å². The van der Waals surface area contributed by atoms with Crippen molar-refractivity contribution in [1.82, 2.24) is 0 Å². The van der Waals surface area contributed by atoms with Crippen molar-refractivity contribution in [2.24, 2.45) is 0 Å². The zero-order valence-electron chi connectivity index (χ0n) is 5.95. The molecular weight excluding hydrogens is 182 g/mol. The van der Waals surface area contributed by atoms with E-state index >= 15 is 0 Å². The lowest BCUT2D eigenvalue weighted by Crippen LogP contribution is -1.97. The third-order valence-corrected chi connectivity index (χ3v) is 1.67. The van der Waals surface area contributed by atoms with Gasteiger partial charge in [-0.25, -0.2) is 0 Å². The lowest BCUT2D eigenvalue weighted by molar-refractivity contribution is -0.383. The number of hydrogen-bond acceptors (Lipinski definition) is 4. The maximum absolute atomic E-state index is 10.3. The van der Waals surface area contributed by atoms with Crippen molar-refractivity contribution in [3.05, 3.63) is 27.3 Å². The van der Waals surface area contributed by atoms with Crippen LogP contribution in [0.2, 0.25) is 5.02 Å². The number of nitro benzene ring substituents is 1. The summed E-state index contributed by atoms with van der Waals surface area (Å²) in [5.41, 5.74) is 10.7. The highest BCUT2D eigenvalue weighted by molar-refractivity contribution is 6.33. The Labute approximate surface area is 73.1 Å². The largest absolute Gasteiger partial charge is 0.397 e. The van der Waals surface area contributed by atoms with E-state index in [-0.39, 0.29) is 22.1 Å². The first-order valence-electron chi connectivity index (χ1n) is 3.01. The second-order valence-electron chi connectivity index (χ2n) is 2.19. The Kier molecular flexibility index (Phi) is 2.05. The zero-order valence-corrected chi connectivity index (χ0v) is 6.71. The highest BCUT2D eigenvalue weighted by atomic mass is 35.5. The fourth-order valence-corrected chi connectivity index (χ4v) is 0.913. The molecule has 6 heteroatoms. The van der Waals surface area contributed by atoms with Crippen molar-refractivity contribution in [2.75, 3.05) is 11.5 Å². The van der Waals surface area contributed by atoms with Gasteiger partial charge in [0.2, 0.25) is 0 Å². The molecule has 0 aliphatic rings. The minimum Gasteiger partial charge on any atom is -0.397 e. The van der Waals surface area contributed by atoms with Gasteiger partial charge in [-0.05, 0) is 6.07 Å². The quantitative estimate of drug-likeness (QED) is 0.395. The number of nitrogens with two attached hydrogens (primary N) is 2. The van der Waals surface area contributed by atoms with Crippen LogP contribution < -0.4 is 11.5 Å². The summed E-state index contributed by atoms with van der Waals surface area (Å²) < 4.78 is 0. The number of nitro groups is 1. The van der Waals surface area contributed by atoms with Crippen LogP contribution in [0, 0.1) is 10.1 Å². The van der Waals surface area contributed by atoms with Gasteiger partial charge in [-0.3, -0.25) is 10.1 Å². The van der Waals surface area contributed by atoms with E-state index in [2.05, 4.69) is 0 Å². The van der Waals surface area contributed by atoms with Gasteiger partial charge in [0.05, 0.1) is 15.6 Å². The first-order valence-corrected chi connectivity index (χ1v) is 3.39. The molecule has 1 aromatic carbocycles. The van der Waals surface area contributed by atoms with Crippen LogP contribution in [0.5, 0.6) is 0 Å². The van der Waals surface area contributed by atoms with E-state index in [1.54, 1.807) is 0 Å². The zero-order chi connectivity index (χ0) is 9.30. The molecule has 0 aliphatic carbocycles. The van der Waals surface area contributed by atoms with Crippen LogP contribution in [0.3, 0.4) is 0 Å². The normalized spacial score (nSPS) is 9.75. The van der Waals surface area contributed by atoms with E-state index in [4.69, 9.17) is 23.1 Å². The number of rotatable bonds is 1. The van der Waals surface area contributed by atoms with Gasteiger partial charge in [0.1, 0.15) is 5.69 Å². The molecule has 0 atom stereocenters. The number of nitrogen functional groups attached to an aromatic ring is 2. The summed E-state index contributed by atoms with van der Waals surface area (Å²) in [6, 6.07) is 2.40. The Morgan fingerprint density at radius 3 is 2.42 bits per heavy atom. The first-order chi connectivity index (χ1) is 5.52. The molecule has 1 aromatic rings. The lowest BCUT2D eigenvalue weighted by Gasteiger charge is -2.00. The van der Waals surface area contributed by atoms with Gasteiger partial charge >= 0.3 is 0 Å². The SMILES string of the molecule is Nc1cc(N)c([N+](=O)[O-])cc1Cl. The van der Waals surface area contributed by atoms with Gasteiger partial charge in [0.15, 0.2) is 0 Å². The van der Waals surface area contributed by atoms with Gasteiger partial charge in [0.25, 0.3) is 5.69 Å². The fraction of sp³-hybridized carbons (Fsp3) is 0. The average molecular weight is 188 g/mol. The van der Waals surface area contributed by atoms with Crippen LogP contribution in [0.1, 0.15) is 0 Å². The topological polar surface area (TPSA) is 95.2 Å². The molecule has 0 radical (unpaired) electrons. The van der Waals surface area contributed by atoms with Crippen molar-refractivity contribution < 1.29 is 4.92 Å². The number of benzene rings is 1. The Balaban J connectivity index is 3.33. The van der Waals surface area contributed by atoms with Crippen molar-refractivity contribution >= 4 is 28.7 Å². The molecule has 0 bridgehead atoms. The highest BCUT2D eigenvalue weighted by Crippen LogP contribution is 2.30. The third kappa shape index (κ3) is 1.40. The average Bonchev–Trinajstić information content (AvgIpc) is 1.96. The molecule has 0 aliphatic heterocycles. The number of hydrogen-bond donors (Lipinski definition) is 2. The van der Waals surface area contributed by atoms with Gasteiger partial charge < -0.3 is 11.5 Å². The summed E-state index contributed by atoms with van der Waals surface area (Å²) in [4.78, 5) is 9.70. The van der Waals surface area contributed by atoms with Gasteiger partial charge in [0, 0.05) is 6.07 Å². The van der Waals surface area contributed by atoms with Crippen LogP contribution in [-0.4, -0.2) is 4.92 Å². The third-order valence-electron chi connectivity index (χ3n) is 1.34. The van der Waals surface area contributed by atoms with E-state index in [1.807, 2.05) is 0 Å².